The molecule has 0 amide bonds. The van der Waals surface area contributed by atoms with E-state index in [9.17, 15) is 9.90 Å². The first-order chi connectivity index (χ1) is 10.4. The molecule has 120 valence electrons. The Bertz CT molecular complexity index is 605. The molecule has 1 aliphatic heterocycles. The molecule has 0 bridgehead atoms. The van der Waals surface area contributed by atoms with E-state index >= 15 is 0 Å². The molecule has 22 heavy (non-hydrogen) atoms. The van der Waals surface area contributed by atoms with Gasteiger partial charge >= 0.3 is 0 Å². The smallest absolute Gasteiger partial charge is 0.195 e. The van der Waals surface area contributed by atoms with Gasteiger partial charge in [0.15, 0.2) is 11.6 Å². The van der Waals surface area contributed by atoms with Crippen molar-refractivity contribution in [3.05, 3.63) is 23.3 Å². The Morgan fingerprint density at radius 3 is 2.27 bits per heavy atom. The van der Waals surface area contributed by atoms with Crippen molar-refractivity contribution in [3.8, 4) is 11.5 Å². The zero-order valence-electron chi connectivity index (χ0n) is 13.0. The maximum Gasteiger partial charge on any atom is 0.195 e. The molecule has 0 spiro atoms. The van der Waals surface area contributed by atoms with Crippen LogP contribution in [0.1, 0.15) is 29.3 Å². The van der Waals surface area contributed by atoms with Gasteiger partial charge in [-0.2, -0.15) is 0 Å². The van der Waals surface area contributed by atoms with Gasteiger partial charge in [-0.05, 0) is 19.1 Å². The standard InChI is InChI=1S/C16H20O6/c1-15(21-6-7-22-15)16(18)8-10-12(19-2)4-5-13(20-3)14(10)11(17)9-16/h4-5,18H,6-9H2,1-3H3. The van der Waals surface area contributed by atoms with Crippen LogP contribution >= 0.6 is 0 Å². The quantitative estimate of drug-likeness (QED) is 0.908. The molecule has 2 aliphatic rings. The molecule has 1 unspecified atom stereocenters. The summed E-state index contributed by atoms with van der Waals surface area (Å²) in [6, 6.07) is 3.43. The largest absolute Gasteiger partial charge is 0.496 e. The topological polar surface area (TPSA) is 74.2 Å². The summed E-state index contributed by atoms with van der Waals surface area (Å²) in [6.45, 7) is 2.47. The third-order valence-electron chi connectivity index (χ3n) is 4.56. The third kappa shape index (κ3) is 2.10. The SMILES string of the molecule is COc1ccc(OC)c2c1CC(O)(C1(C)OCCO1)CC2=O. The lowest BCUT2D eigenvalue weighted by molar-refractivity contribution is -0.257. The number of methoxy groups -OCH3 is 2. The van der Waals surface area contributed by atoms with Gasteiger partial charge < -0.3 is 24.1 Å². The number of Topliss-reactive ketones (excluding diaryl/α,β-unsaturated/α-hetero) is 1. The van der Waals surface area contributed by atoms with E-state index in [1.165, 1.54) is 14.2 Å². The Hall–Kier alpha value is -1.63. The van der Waals surface area contributed by atoms with E-state index in [4.69, 9.17) is 18.9 Å². The first-order valence-corrected chi connectivity index (χ1v) is 7.21. The fourth-order valence-corrected chi connectivity index (χ4v) is 3.26. The highest BCUT2D eigenvalue weighted by Crippen LogP contribution is 2.45. The zero-order chi connectivity index (χ0) is 16.0. The molecule has 6 heteroatoms. The molecule has 1 saturated heterocycles. The second kappa shape index (κ2) is 5.22. The van der Waals surface area contributed by atoms with Crippen molar-refractivity contribution in [1.82, 2.24) is 0 Å². The van der Waals surface area contributed by atoms with Crippen LogP contribution in [0.3, 0.4) is 0 Å². The number of benzene rings is 1. The van der Waals surface area contributed by atoms with Crippen molar-refractivity contribution < 1.29 is 28.8 Å². The molecule has 1 aliphatic carbocycles. The molecule has 1 fully saturated rings. The van der Waals surface area contributed by atoms with Crippen LogP contribution in [-0.4, -0.2) is 49.7 Å². The summed E-state index contributed by atoms with van der Waals surface area (Å²) in [5.74, 6) is -0.376. The van der Waals surface area contributed by atoms with Crippen molar-refractivity contribution >= 4 is 5.78 Å². The molecule has 3 rings (SSSR count). The van der Waals surface area contributed by atoms with Crippen LogP contribution in [0.25, 0.3) is 0 Å². The monoisotopic (exact) mass is 308 g/mol. The van der Waals surface area contributed by atoms with Gasteiger partial charge in [-0.15, -0.1) is 0 Å². The molecule has 1 aromatic carbocycles. The lowest BCUT2D eigenvalue weighted by Gasteiger charge is -2.43. The van der Waals surface area contributed by atoms with E-state index in [-0.39, 0.29) is 18.6 Å². The minimum atomic E-state index is -1.44. The minimum absolute atomic E-state index is 0.0833. The summed E-state index contributed by atoms with van der Waals surface area (Å²) in [6.07, 6.45) is 0.116. The van der Waals surface area contributed by atoms with E-state index in [0.29, 0.717) is 35.8 Å². The number of rotatable bonds is 3. The molecular formula is C16H20O6. The average Bonchev–Trinajstić information content (AvgIpc) is 2.94. The summed E-state index contributed by atoms with van der Waals surface area (Å²) in [5.41, 5.74) is -0.346. The van der Waals surface area contributed by atoms with Gasteiger partial charge in [0, 0.05) is 18.4 Å². The molecular weight excluding hydrogens is 288 g/mol. The second-order valence-electron chi connectivity index (χ2n) is 5.77. The zero-order valence-corrected chi connectivity index (χ0v) is 13.0. The van der Waals surface area contributed by atoms with Crippen LogP contribution < -0.4 is 9.47 Å². The molecule has 1 N–H and O–H groups in total. The van der Waals surface area contributed by atoms with Crippen molar-refractivity contribution in [2.45, 2.75) is 31.2 Å². The van der Waals surface area contributed by atoms with Crippen LogP contribution in [0.5, 0.6) is 11.5 Å². The molecule has 1 aromatic rings. The third-order valence-corrected chi connectivity index (χ3v) is 4.56. The molecule has 1 atom stereocenters. The van der Waals surface area contributed by atoms with Crippen molar-refractivity contribution in [2.75, 3.05) is 27.4 Å². The van der Waals surface area contributed by atoms with Crippen molar-refractivity contribution in [3.63, 3.8) is 0 Å². The second-order valence-corrected chi connectivity index (χ2v) is 5.77. The Balaban J connectivity index is 2.10. The average molecular weight is 308 g/mol. The van der Waals surface area contributed by atoms with Crippen molar-refractivity contribution in [2.24, 2.45) is 0 Å². The summed E-state index contributed by atoms with van der Waals surface area (Å²) < 4.78 is 21.8. The summed E-state index contributed by atoms with van der Waals surface area (Å²) in [5, 5.41) is 11.1. The molecule has 0 saturated carbocycles. The van der Waals surface area contributed by atoms with E-state index in [1.807, 2.05) is 0 Å². The van der Waals surface area contributed by atoms with E-state index < -0.39 is 11.4 Å². The Morgan fingerprint density at radius 1 is 1.09 bits per heavy atom. The lowest BCUT2D eigenvalue weighted by Crippen LogP contribution is -2.57. The molecule has 1 heterocycles. The highest BCUT2D eigenvalue weighted by atomic mass is 16.7. The maximum atomic E-state index is 12.6. The van der Waals surface area contributed by atoms with Crippen molar-refractivity contribution in [1.29, 1.82) is 0 Å². The lowest BCUT2D eigenvalue weighted by atomic mass is 9.74. The van der Waals surface area contributed by atoms with Crippen LogP contribution in [-0.2, 0) is 15.9 Å². The number of carbonyl (C=O) groups excluding carboxylic acids is 1. The van der Waals surface area contributed by atoms with Gasteiger partial charge in [0.05, 0.1) is 33.0 Å². The Kier molecular flexibility index (Phi) is 3.63. The van der Waals surface area contributed by atoms with E-state index in [1.54, 1.807) is 19.1 Å². The highest BCUT2D eigenvalue weighted by Gasteiger charge is 2.55. The molecule has 0 radical (unpaired) electrons. The molecule has 6 nitrogen and oxygen atoms in total. The van der Waals surface area contributed by atoms with Gasteiger partial charge in [0.2, 0.25) is 0 Å². The number of ether oxygens (including phenoxy) is 4. The van der Waals surface area contributed by atoms with Crippen LogP contribution in [0, 0.1) is 0 Å². The summed E-state index contributed by atoms with van der Waals surface area (Å²) >= 11 is 0. The van der Waals surface area contributed by atoms with Crippen LogP contribution in [0.4, 0.5) is 0 Å². The fraction of sp³-hybridized carbons (Fsp3) is 0.562. The number of ketones is 1. The number of carbonyl (C=O) groups is 1. The predicted molar refractivity (Wildman–Crippen MR) is 77.5 cm³/mol. The van der Waals surface area contributed by atoms with Crippen LogP contribution in [0.2, 0.25) is 0 Å². The number of hydrogen-bond acceptors (Lipinski definition) is 6. The van der Waals surface area contributed by atoms with Gasteiger partial charge in [0.25, 0.3) is 0 Å². The summed E-state index contributed by atoms with van der Waals surface area (Å²) in [7, 11) is 3.05. The maximum absolute atomic E-state index is 12.6. The highest BCUT2D eigenvalue weighted by molar-refractivity contribution is 6.02. The first kappa shape index (κ1) is 15.3. The van der Waals surface area contributed by atoms with Gasteiger partial charge in [-0.25, -0.2) is 0 Å². The van der Waals surface area contributed by atoms with Gasteiger partial charge in [-0.3, -0.25) is 4.79 Å². The fourth-order valence-electron chi connectivity index (χ4n) is 3.26. The number of fused-ring (bicyclic) bond motifs is 1. The number of hydrogen-bond donors (Lipinski definition) is 1. The minimum Gasteiger partial charge on any atom is -0.496 e. The van der Waals surface area contributed by atoms with Gasteiger partial charge in [-0.1, -0.05) is 0 Å². The normalized spacial score (nSPS) is 26.6. The van der Waals surface area contributed by atoms with Crippen LogP contribution in [0.15, 0.2) is 12.1 Å². The Morgan fingerprint density at radius 2 is 1.68 bits per heavy atom. The first-order valence-electron chi connectivity index (χ1n) is 7.21. The molecule has 0 aromatic heterocycles. The van der Waals surface area contributed by atoms with E-state index in [2.05, 4.69) is 0 Å². The summed E-state index contributed by atoms with van der Waals surface area (Å²) in [4.78, 5) is 12.6. The predicted octanol–water partition coefficient (Wildman–Crippen LogP) is 1.33. The number of aliphatic hydroxyl groups is 1. The Labute approximate surface area is 128 Å². The van der Waals surface area contributed by atoms with Gasteiger partial charge in [0.1, 0.15) is 17.1 Å². The van der Waals surface area contributed by atoms with E-state index in [0.717, 1.165) is 0 Å².